The zero-order chi connectivity index (χ0) is 20.6. The number of hydrogen-bond donors (Lipinski definition) is 1. The summed E-state index contributed by atoms with van der Waals surface area (Å²) in [5.74, 6) is 0.811. The van der Waals surface area contributed by atoms with Gasteiger partial charge in [-0.3, -0.25) is 0 Å². The fourth-order valence-electron chi connectivity index (χ4n) is 4.24. The summed E-state index contributed by atoms with van der Waals surface area (Å²) in [6.45, 7) is 11.2. The van der Waals surface area contributed by atoms with Crippen LogP contribution in [-0.2, 0) is 24.1 Å². The third-order valence-electron chi connectivity index (χ3n) is 5.51. The van der Waals surface area contributed by atoms with E-state index < -0.39 is 6.10 Å². The Kier molecular flexibility index (Phi) is 5.84. The second-order valence-electron chi connectivity index (χ2n) is 7.93. The van der Waals surface area contributed by atoms with Crippen LogP contribution < -0.4 is 4.74 Å². The fourth-order valence-corrected chi connectivity index (χ4v) is 4.24. The van der Waals surface area contributed by atoms with Crippen LogP contribution in [-0.4, -0.2) is 29.4 Å². The molecule has 1 atom stereocenters. The van der Waals surface area contributed by atoms with Crippen LogP contribution in [0.4, 0.5) is 0 Å². The van der Waals surface area contributed by atoms with Gasteiger partial charge in [0.25, 0.3) is 0 Å². The predicted molar refractivity (Wildman–Crippen MR) is 110 cm³/mol. The van der Waals surface area contributed by atoms with E-state index in [1.807, 2.05) is 19.1 Å². The molecule has 1 unspecified atom stereocenters. The van der Waals surface area contributed by atoms with Gasteiger partial charge in [-0.05, 0) is 62.8 Å². The number of carbonyl (C=O) groups is 1. The van der Waals surface area contributed by atoms with Gasteiger partial charge in [-0.25, -0.2) is 4.79 Å². The standard InChI is InChI=1S/C23H31NO4/c1-7-28-23(26)21-17(10-13(2)3)14(4)24-9-8-16-11-18(15(5)25)20(27-6)12-19(16)22(21)24/h11-13,15,25H,7-10H2,1-6H3. The van der Waals surface area contributed by atoms with Crippen molar-refractivity contribution in [2.75, 3.05) is 13.7 Å². The molecule has 2 aromatic rings. The Morgan fingerprint density at radius 3 is 2.57 bits per heavy atom. The Labute approximate surface area is 167 Å². The lowest BCUT2D eigenvalue weighted by molar-refractivity contribution is 0.0526. The highest BCUT2D eigenvalue weighted by Gasteiger charge is 2.31. The summed E-state index contributed by atoms with van der Waals surface area (Å²) in [7, 11) is 1.61. The largest absolute Gasteiger partial charge is 0.496 e. The first-order valence-corrected chi connectivity index (χ1v) is 10.1. The minimum absolute atomic E-state index is 0.263. The van der Waals surface area contributed by atoms with Crippen molar-refractivity contribution in [1.82, 2.24) is 4.57 Å². The van der Waals surface area contributed by atoms with Crippen LogP contribution in [0.1, 0.15) is 66.5 Å². The van der Waals surface area contributed by atoms with Gasteiger partial charge in [0.1, 0.15) is 5.75 Å². The van der Waals surface area contributed by atoms with Gasteiger partial charge in [0.05, 0.1) is 31.1 Å². The lowest BCUT2D eigenvalue weighted by Crippen LogP contribution is -2.15. The molecule has 1 aliphatic rings. The van der Waals surface area contributed by atoms with Crippen molar-refractivity contribution in [1.29, 1.82) is 0 Å². The average Bonchev–Trinajstić information content (AvgIpc) is 2.92. The Hall–Kier alpha value is -2.27. The van der Waals surface area contributed by atoms with Gasteiger partial charge in [0.15, 0.2) is 0 Å². The summed E-state index contributed by atoms with van der Waals surface area (Å²) in [6, 6.07) is 3.98. The van der Waals surface area contributed by atoms with Gasteiger partial charge in [-0.1, -0.05) is 13.8 Å². The average molecular weight is 386 g/mol. The Morgan fingerprint density at radius 1 is 1.29 bits per heavy atom. The molecule has 1 aromatic heterocycles. The molecular weight excluding hydrogens is 354 g/mol. The maximum absolute atomic E-state index is 13.0. The number of rotatable bonds is 6. The second kappa shape index (κ2) is 8.00. The molecule has 5 nitrogen and oxygen atoms in total. The number of aromatic nitrogens is 1. The highest BCUT2D eigenvalue weighted by molar-refractivity contribution is 6.00. The molecule has 0 aliphatic carbocycles. The third kappa shape index (κ3) is 3.44. The number of fused-ring (bicyclic) bond motifs is 3. The minimum atomic E-state index is -0.614. The molecule has 152 valence electrons. The molecule has 0 radical (unpaired) electrons. The van der Waals surface area contributed by atoms with Crippen molar-refractivity contribution in [3.05, 3.63) is 40.1 Å². The first-order valence-electron chi connectivity index (χ1n) is 10.1. The number of aryl methyl sites for hydroxylation is 1. The summed E-state index contributed by atoms with van der Waals surface area (Å²) in [5.41, 5.74) is 6.71. The van der Waals surface area contributed by atoms with Crippen molar-refractivity contribution in [3.63, 3.8) is 0 Å². The number of hydrogen-bond acceptors (Lipinski definition) is 4. The quantitative estimate of drug-likeness (QED) is 0.746. The van der Waals surface area contributed by atoms with Crippen LogP contribution >= 0.6 is 0 Å². The van der Waals surface area contributed by atoms with E-state index in [-0.39, 0.29) is 5.97 Å². The van der Waals surface area contributed by atoms with Crippen LogP contribution in [0.2, 0.25) is 0 Å². The first kappa shape index (κ1) is 20.5. The lowest BCUT2D eigenvalue weighted by Gasteiger charge is -2.24. The summed E-state index contributed by atoms with van der Waals surface area (Å²) in [5, 5.41) is 10.1. The summed E-state index contributed by atoms with van der Waals surface area (Å²) < 4.78 is 13.2. The van der Waals surface area contributed by atoms with E-state index in [1.54, 1.807) is 14.0 Å². The van der Waals surface area contributed by atoms with Crippen molar-refractivity contribution in [3.8, 4) is 17.0 Å². The number of aliphatic hydroxyl groups excluding tert-OH is 1. The lowest BCUT2D eigenvalue weighted by atomic mass is 9.91. The van der Waals surface area contributed by atoms with Gasteiger partial charge in [-0.15, -0.1) is 0 Å². The topological polar surface area (TPSA) is 60.7 Å². The second-order valence-corrected chi connectivity index (χ2v) is 7.93. The van der Waals surface area contributed by atoms with Gasteiger partial charge in [0, 0.05) is 23.4 Å². The number of nitrogens with zero attached hydrogens (tertiary/aromatic N) is 1. The van der Waals surface area contributed by atoms with Crippen molar-refractivity contribution in [2.24, 2.45) is 5.92 Å². The zero-order valence-corrected chi connectivity index (χ0v) is 17.8. The monoisotopic (exact) mass is 385 g/mol. The van der Waals surface area contributed by atoms with E-state index in [0.29, 0.717) is 23.8 Å². The third-order valence-corrected chi connectivity index (χ3v) is 5.51. The Balaban J connectivity index is 2.29. The molecule has 0 amide bonds. The molecule has 0 spiro atoms. The molecule has 0 saturated heterocycles. The number of carbonyl (C=O) groups excluding carboxylic acids is 1. The van der Waals surface area contributed by atoms with Crippen LogP contribution in [0.25, 0.3) is 11.3 Å². The van der Waals surface area contributed by atoms with E-state index in [1.165, 1.54) is 0 Å². The molecule has 1 N–H and O–H groups in total. The molecule has 1 aliphatic heterocycles. The van der Waals surface area contributed by atoms with E-state index in [2.05, 4.69) is 25.3 Å². The number of aliphatic hydroxyl groups is 1. The van der Waals surface area contributed by atoms with Crippen LogP contribution in [0.3, 0.4) is 0 Å². The van der Waals surface area contributed by atoms with Crippen molar-refractivity contribution < 1.29 is 19.4 Å². The molecule has 3 rings (SSSR count). The first-order chi connectivity index (χ1) is 13.3. The molecule has 0 fully saturated rings. The van der Waals surface area contributed by atoms with E-state index in [9.17, 15) is 9.90 Å². The number of benzene rings is 1. The maximum atomic E-state index is 13.0. The van der Waals surface area contributed by atoms with Gasteiger partial charge < -0.3 is 19.1 Å². The molecular formula is C23H31NO4. The molecule has 28 heavy (non-hydrogen) atoms. The fraction of sp³-hybridized carbons (Fsp3) is 0.522. The predicted octanol–water partition coefficient (Wildman–Crippen LogP) is 4.46. The maximum Gasteiger partial charge on any atom is 0.340 e. The summed E-state index contributed by atoms with van der Waals surface area (Å²) >= 11 is 0. The van der Waals surface area contributed by atoms with Gasteiger partial charge in [-0.2, -0.15) is 0 Å². The number of methoxy groups -OCH3 is 1. The smallest absolute Gasteiger partial charge is 0.340 e. The van der Waals surface area contributed by atoms with Gasteiger partial charge >= 0.3 is 5.97 Å². The molecule has 0 bridgehead atoms. The molecule has 1 aromatic carbocycles. The van der Waals surface area contributed by atoms with E-state index in [0.717, 1.165) is 53.0 Å². The minimum Gasteiger partial charge on any atom is -0.496 e. The normalized spacial score (nSPS) is 13.9. The number of esters is 1. The van der Waals surface area contributed by atoms with Crippen molar-refractivity contribution in [2.45, 2.75) is 60.1 Å². The van der Waals surface area contributed by atoms with Gasteiger partial charge in [0.2, 0.25) is 0 Å². The number of ether oxygens (including phenoxy) is 2. The summed E-state index contributed by atoms with van der Waals surface area (Å²) in [6.07, 6.45) is 1.07. The highest BCUT2D eigenvalue weighted by Crippen LogP contribution is 2.42. The van der Waals surface area contributed by atoms with Crippen LogP contribution in [0, 0.1) is 12.8 Å². The van der Waals surface area contributed by atoms with Crippen LogP contribution in [0.15, 0.2) is 12.1 Å². The van der Waals surface area contributed by atoms with E-state index >= 15 is 0 Å². The summed E-state index contributed by atoms with van der Waals surface area (Å²) in [4.78, 5) is 13.0. The van der Waals surface area contributed by atoms with Crippen molar-refractivity contribution >= 4 is 5.97 Å². The molecule has 0 saturated carbocycles. The van der Waals surface area contributed by atoms with Crippen LogP contribution in [0.5, 0.6) is 5.75 Å². The molecule has 2 heterocycles. The molecule has 5 heteroatoms. The Bertz CT molecular complexity index is 893. The zero-order valence-electron chi connectivity index (χ0n) is 17.8. The van der Waals surface area contributed by atoms with E-state index in [4.69, 9.17) is 9.47 Å². The Morgan fingerprint density at radius 2 is 2.00 bits per heavy atom. The SMILES string of the molecule is CCOC(=O)c1c(CC(C)C)c(C)n2c1-c1cc(OC)c(C(C)O)cc1CC2. The highest BCUT2D eigenvalue weighted by atomic mass is 16.5.